The van der Waals surface area contributed by atoms with Crippen molar-refractivity contribution in [3.63, 3.8) is 0 Å². The van der Waals surface area contributed by atoms with Gasteiger partial charge in [0.05, 0.1) is 0 Å². The molecule has 1 atom stereocenters. The third-order valence-corrected chi connectivity index (χ3v) is 2.60. The Balaban J connectivity index is 1.68. The van der Waals surface area contributed by atoms with Crippen LogP contribution in [0, 0.1) is 0 Å². The van der Waals surface area contributed by atoms with Crippen molar-refractivity contribution in [3.05, 3.63) is 0 Å². The van der Waals surface area contributed by atoms with Crippen molar-refractivity contribution in [2.24, 2.45) is 0 Å². The molecule has 10 heavy (non-hydrogen) atoms. The predicted octanol–water partition coefficient (Wildman–Crippen LogP) is 0.444. The molecule has 0 bridgehead atoms. The van der Waals surface area contributed by atoms with Crippen molar-refractivity contribution in [2.45, 2.75) is 25.3 Å². The van der Waals surface area contributed by atoms with Gasteiger partial charge in [-0.15, -0.1) is 0 Å². The molecule has 0 aromatic heterocycles. The fourth-order valence-corrected chi connectivity index (χ4v) is 1.78. The largest absolute Gasteiger partial charge is 0.313 e. The van der Waals surface area contributed by atoms with Gasteiger partial charge in [0.2, 0.25) is 0 Å². The average Bonchev–Trinajstić information content (AvgIpc) is 2.29. The lowest BCUT2D eigenvalue weighted by Gasteiger charge is -2.31. The molecular formula is C8H16N2. The van der Waals surface area contributed by atoms with Crippen LogP contribution in [0.5, 0.6) is 0 Å². The number of likely N-dealkylation sites (tertiary alicyclic amines) is 1. The minimum absolute atomic E-state index is 0.832. The first-order valence-corrected chi connectivity index (χ1v) is 4.41. The fraction of sp³-hybridized carbons (Fsp3) is 1.00. The molecule has 2 saturated heterocycles. The van der Waals surface area contributed by atoms with Gasteiger partial charge in [-0.3, -0.25) is 0 Å². The van der Waals surface area contributed by atoms with Crippen molar-refractivity contribution in [1.29, 1.82) is 0 Å². The standard InChI is InChI=1S/C8H16N2/c1-2-6-10(5-1)7-8-3-4-9-8/h8-9H,1-7H2. The van der Waals surface area contributed by atoms with E-state index in [4.69, 9.17) is 0 Å². The van der Waals surface area contributed by atoms with Crippen LogP contribution >= 0.6 is 0 Å². The second-order valence-corrected chi connectivity index (χ2v) is 3.45. The molecule has 1 N–H and O–H groups in total. The molecule has 2 rings (SSSR count). The van der Waals surface area contributed by atoms with Gasteiger partial charge < -0.3 is 10.2 Å². The van der Waals surface area contributed by atoms with Crippen LogP contribution in [-0.4, -0.2) is 37.1 Å². The molecule has 0 radical (unpaired) electrons. The van der Waals surface area contributed by atoms with Crippen molar-refractivity contribution in [3.8, 4) is 0 Å². The summed E-state index contributed by atoms with van der Waals surface area (Å²) in [6.45, 7) is 5.24. The maximum atomic E-state index is 3.43. The molecule has 2 fully saturated rings. The molecule has 58 valence electrons. The number of nitrogens with zero attached hydrogens (tertiary/aromatic N) is 1. The number of hydrogen-bond acceptors (Lipinski definition) is 2. The van der Waals surface area contributed by atoms with Crippen molar-refractivity contribution in [2.75, 3.05) is 26.2 Å². The molecule has 0 spiro atoms. The molecule has 2 nitrogen and oxygen atoms in total. The molecule has 2 aliphatic rings. The fourth-order valence-electron chi connectivity index (χ4n) is 1.78. The van der Waals surface area contributed by atoms with Crippen LogP contribution < -0.4 is 5.32 Å². The SMILES string of the molecule is C1CCN(CC2CCN2)C1. The second kappa shape index (κ2) is 2.89. The topological polar surface area (TPSA) is 15.3 Å². The second-order valence-electron chi connectivity index (χ2n) is 3.45. The molecule has 2 heterocycles. The smallest absolute Gasteiger partial charge is 0.0207 e. The highest BCUT2D eigenvalue weighted by Gasteiger charge is 2.21. The Bertz CT molecular complexity index is 104. The van der Waals surface area contributed by atoms with Gasteiger partial charge in [-0.2, -0.15) is 0 Å². The third kappa shape index (κ3) is 1.32. The summed E-state index contributed by atoms with van der Waals surface area (Å²) in [5, 5.41) is 3.43. The Labute approximate surface area is 62.6 Å². The van der Waals surface area contributed by atoms with Crippen molar-refractivity contribution < 1.29 is 0 Å². The number of nitrogens with one attached hydrogen (secondary N) is 1. The Morgan fingerprint density at radius 2 is 2.00 bits per heavy atom. The summed E-state index contributed by atoms with van der Waals surface area (Å²) >= 11 is 0. The lowest BCUT2D eigenvalue weighted by molar-refractivity contribution is 0.242. The maximum absolute atomic E-state index is 3.43. The summed E-state index contributed by atoms with van der Waals surface area (Å²) < 4.78 is 0. The summed E-state index contributed by atoms with van der Waals surface area (Å²) in [6, 6.07) is 0.832. The highest BCUT2D eigenvalue weighted by atomic mass is 15.2. The zero-order valence-electron chi connectivity index (χ0n) is 6.47. The van der Waals surface area contributed by atoms with Gasteiger partial charge in [0.25, 0.3) is 0 Å². The number of rotatable bonds is 2. The molecule has 1 unspecified atom stereocenters. The summed E-state index contributed by atoms with van der Waals surface area (Å²) in [7, 11) is 0. The predicted molar refractivity (Wildman–Crippen MR) is 42.1 cm³/mol. The molecule has 2 aliphatic heterocycles. The van der Waals surface area contributed by atoms with Crippen LogP contribution in [0.4, 0.5) is 0 Å². The van der Waals surface area contributed by atoms with Crippen LogP contribution in [0.25, 0.3) is 0 Å². The van der Waals surface area contributed by atoms with E-state index >= 15 is 0 Å². The van der Waals surface area contributed by atoms with Crippen LogP contribution in [0.1, 0.15) is 19.3 Å². The van der Waals surface area contributed by atoms with Crippen LogP contribution in [0.15, 0.2) is 0 Å². The Morgan fingerprint density at radius 3 is 2.50 bits per heavy atom. The van der Waals surface area contributed by atoms with Gasteiger partial charge in [0, 0.05) is 12.6 Å². The summed E-state index contributed by atoms with van der Waals surface area (Å²) in [4.78, 5) is 2.58. The number of hydrogen-bond donors (Lipinski definition) is 1. The first-order valence-electron chi connectivity index (χ1n) is 4.41. The molecule has 0 aromatic rings. The van der Waals surface area contributed by atoms with E-state index in [1.54, 1.807) is 0 Å². The highest BCUT2D eigenvalue weighted by molar-refractivity contribution is 4.82. The molecule has 2 heteroatoms. The zero-order chi connectivity index (χ0) is 6.81. The van der Waals surface area contributed by atoms with E-state index in [9.17, 15) is 0 Å². The molecule has 0 aromatic carbocycles. The van der Waals surface area contributed by atoms with Crippen molar-refractivity contribution >= 4 is 0 Å². The van der Waals surface area contributed by atoms with E-state index in [0.29, 0.717) is 0 Å². The quantitative estimate of drug-likeness (QED) is 0.599. The molecule has 0 saturated carbocycles. The summed E-state index contributed by atoms with van der Waals surface area (Å²) in [5.74, 6) is 0. The lowest BCUT2D eigenvalue weighted by Crippen LogP contribution is -2.49. The monoisotopic (exact) mass is 140 g/mol. The van der Waals surface area contributed by atoms with E-state index < -0.39 is 0 Å². The minimum atomic E-state index is 0.832. The van der Waals surface area contributed by atoms with Gasteiger partial charge in [0.15, 0.2) is 0 Å². The first kappa shape index (κ1) is 6.62. The van der Waals surface area contributed by atoms with Crippen LogP contribution in [-0.2, 0) is 0 Å². The molecule has 0 amide bonds. The van der Waals surface area contributed by atoms with Gasteiger partial charge in [-0.1, -0.05) is 0 Å². The normalized spacial score (nSPS) is 34.2. The van der Waals surface area contributed by atoms with Crippen molar-refractivity contribution in [1.82, 2.24) is 10.2 Å². The average molecular weight is 140 g/mol. The zero-order valence-corrected chi connectivity index (χ0v) is 6.47. The molecule has 0 aliphatic carbocycles. The third-order valence-electron chi connectivity index (χ3n) is 2.60. The first-order chi connectivity index (χ1) is 4.95. The summed E-state index contributed by atoms with van der Waals surface area (Å²) in [6.07, 6.45) is 4.25. The summed E-state index contributed by atoms with van der Waals surface area (Å²) in [5.41, 5.74) is 0. The minimum Gasteiger partial charge on any atom is -0.313 e. The van der Waals surface area contributed by atoms with Gasteiger partial charge in [-0.05, 0) is 38.9 Å². The Morgan fingerprint density at radius 1 is 1.30 bits per heavy atom. The van der Waals surface area contributed by atoms with E-state index in [1.807, 2.05) is 0 Å². The van der Waals surface area contributed by atoms with E-state index in [0.717, 1.165) is 6.04 Å². The van der Waals surface area contributed by atoms with Gasteiger partial charge in [0.1, 0.15) is 0 Å². The Hall–Kier alpha value is -0.0800. The lowest BCUT2D eigenvalue weighted by atomic mass is 10.1. The van der Waals surface area contributed by atoms with Gasteiger partial charge in [-0.25, -0.2) is 0 Å². The highest BCUT2D eigenvalue weighted by Crippen LogP contribution is 2.11. The van der Waals surface area contributed by atoms with E-state index in [-0.39, 0.29) is 0 Å². The Kier molecular flexibility index (Phi) is 1.91. The van der Waals surface area contributed by atoms with E-state index in [1.165, 1.54) is 45.4 Å². The van der Waals surface area contributed by atoms with E-state index in [2.05, 4.69) is 10.2 Å². The molecular weight excluding hydrogens is 124 g/mol. The van der Waals surface area contributed by atoms with Gasteiger partial charge >= 0.3 is 0 Å². The maximum Gasteiger partial charge on any atom is 0.0207 e. The van der Waals surface area contributed by atoms with Crippen LogP contribution in [0.2, 0.25) is 0 Å². The van der Waals surface area contributed by atoms with Crippen LogP contribution in [0.3, 0.4) is 0 Å².